The molecule has 1 aromatic rings. The molecule has 0 spiro atoms. The highest BCUT2D eigenvalue weighted by Crippen LogP contribution is 2.32. The van der Waals surface area contributed by atoms with Crippen molar-refractivity contribution in [1.29, 1.82) is 0 Å². The summed E-state index contributed by atoms with van der Waals surface area (Å²) in [4.78, 5) is 10.4. The van der Waals surface area contributed by atoms with Crippen molar-refractivity contribution < 1.29 is 22.7 Å². The first-order valence-corrected chi connectivity index (χ1v) is 8.33. The van der Waals surface area contributed by atoms with E-state index in [0.29, 0.717) is 19.4 Å². The predicted octanol–water partition coefficient (Wildman–Crippen LogP) is 2.50. The number of rotatable bonds is 5. The van der Waals surface area contributed by atoms with E-state index in [2.05, 4.69) is 0 Å². The van der Waals surface area contributed by atoms with E-state index in [-0.39, 0.29) is 28.8 Å². The third-order valence-electron chi connectivity index (χ3n) is 3.49. The van der Waals surface area contributed by atoms with Gasteiger partial charge in [-0.2, -0.15) is 4.31 Å². The number of carboxylic acids is 1. The number of sulfonamides is 1. The van der Waals surface area contributed by atoms with Gasteiger partial charge in [0, 0.05) is 19.0 Å². The summed E-state index contributed by atoms with van der Waals surface area (Å²) in [5.41, 5.74) is 0. The number of hydrogen-bond donors (Lipinski definition) is 1. The Kier molecular flexibility index (Phi) is 4.85. The van der Waals surface area contributed by atoms with Crippen molar-refractivity contribution in [2.45, 2.75) is 36.6 Å². The molecule has 0 saturated carbocycles. The average molecular weight is 336 g/mol. The van der Waals surface area contributed by atoms with Crippen LogP contribution in [0.5, 0.6) is 0 Å². The van der Waals surface area contributed by atoms with Gasteiger partial charge in [-0.3, -0.25) is 4.79 Å². The van der Waals surface area contributed by atoms with E-state index in [1.165, 1.54) is 10.4 Å². The van der Waals surface area contributed by atoms with Crippen molar-refractivity contribution in [2.75, 3.05) is 6.54 Å². The Morgan fingerprint density at radius 2 is 2.19 bits per heavy atom. The van der Waals surface area contributed by atoms with Crippen LogP contribution in [0.4, 0.5) is 4.39 Å². The van der Waals surface area contributed by atoms with Gasteiger partial charge in [0.2, 0.25) is 10.0 Å². The van der Waals surface area contributed by atoms with Crippen molar-refractivity contribution in [3.63, 3.8) is 0 Å². The van der Waals surface area contributed by atoms with Crippen LogP contribution in [0.25, 0.3) is 0 Å². The number of carbonyl (C=O) groups is 1. The molecule has 0 aromatic heterocycles. The van der Waals surface area contributed by atoms with Gasteiger partial charge in [-0.1, -0.05) is 11.6 Å². The topological polar surface area (TPSA) is 74.7 Å². The second-order valence-corrected chi connectivity index (χ2v) is 7.19. The van der Waals surface area contributed by atoms with Crippen LogP contribution in [-0.2, 0) is 14.8 Å². The van der Waals surface area contributed by atoms with Gasteiger partial charge in [-0.25, -0.2) is 12.8 Å². The molecule has 0 bridgehead atoms. The number of aliphatic carboxylic acids is 1. The molecule has 1 aliphatic heterocycles. The van der Waals surface area contributed by atoms with Crippen LogP contribution in [0.15, 0.2) is 23.1 Å². The fraction of sp³-hybridized carbons (Fsp3) is 0.462. The summed E-state index contributed by atoms with van der Waals surface area (Å²) in [6.07, 6.45) is 1.38. The van der Waals surface area contributed by atoms with Gasteiger partial charge in [0.15, 0.2) is 0 Å². The quantitative estimate of drug-likeness (QED) is 0.897. The van der Waals surface area contributed by atoms with E-state index in [0.717, 1.165) is 12.1 Å². The molecule has 0 amide bonds. The summed E-state index contributed by atoms with van der Waals surface area (Å²) in [6, 6.07) is 2.80. The molecule has 1 atom stereocenters. The maximum absolute atomic E-state index is 13.3. The lowest BCUT2D eigenvalue weighted by atomic mass is 10.1. The molecule has 1 heterocycles. The largest absolute Gasteiger partial charge is 0.481 e. The van der Waals surface area contributed by atoms with Crippen molar-refractivity contribution in [1.82, 2.24) is 4.31 Å². The first kappa shape index (κ1) is 16.2. The van der Waals surface area contributed by atoms with Crippen LogP contribution in [0.3, 0.4) is 0 Å². The molecule has 0 radical (unpaired) electrons. The van der Waals surface area contributed by atoms with Crippen LogP contribution in [0, 0.1) is 5.82 Å². The van der Waals surface area contributed by atoms with Crippen molar-refractivity contribution in [2.24, 2.45) is 0 Å². The number of halogens is 2. The fourth-order valence-electron chi connectivity index (χ4n) is 2.51. The SMILES string of the molecule is O=C(O)CCC1CCCN1S(=O)(=O)c1cc(F)ccc1Cl. The lowest BCUT2D eigenvalue weighted by molar-refractivity contribution is -0.137. The molecular formula is C13H15ClFNO4S. The number of carboxylic acid groups (broad SMARTS) is 1. The summed E-state index contributed by atoms with van der Waals surface area (Å²) in [5, 5.41) is 8.68. The molecule has 1 N–H and O–H groups in total. The van der Waals surface area contributed by atoms with E-state index in [4.69, 9.17) is 16.7 Å². The van der Waals surface area contributed by atoms with E-state index >= 15 is 0 Å². The van der Waals surface area contributed by atoms with Crippen LogP contribution in [0.2, 0.25) is 5.02 Å². The highest BCUT2D eigenvalue weighted by molar-refractivity contribution is 7.89. The van der Waals surface area contributed by atoms with E-state index in [1.807, 2.05) is 0 Å². The van der Waals surface area contributed by atoms with Gasteiger partial charge in [0.1, 0.15) is 10.7 Å². The molecule has 1 fully saturated rings. The summed E-state index contributed by atoms with van der Waals surface area (Å²) in [5.74, 6) is -1.65. The summed E-state index contributed by atoms with van der Waals surface area (Å²) in [7, 11) is -3.92. The number of nitrogens with zero attached hydrogens (tertiary/aromatic N) is 1. The maximum Gasteiger partial charge on any atom is 0.303 e. The molecule has 116 valence electrons. The molecule has 1 aliphatic rings. The lowest BCUT2D eigenvalue weighted by Gasteiger charge is -2.24. The maximum atomic E-state index is 13.3. The zero-order valence-electron chi connectivity index (χ0n) is 11.1. The van der Waals surface area contributed by atoms with Crippen LogP contribution in [-0.4, -0.2) is 36.4 Å². The fourth-order valence-corrected chi connectivity index (χ4v) is 4.72. The van der Waals surface area contributed by atoms with E-state index in [9.17, 15) is 17.6 Å². The minimum Gasteiger partial charge on any atom is -0.481 e. The second-order valence-electron chi connectivity index (χ2n) is 4.92. The highest BCUT2D eigenvalue weighted by atomic mass is 35.5. The zero-order valence-corrected chi connectivity index (χ0v) is 12.7. The Morgan fingerprint density at radius 3 is 2.86 bits per heavy atom. The third kappa shape index (κ3) is 3.53. The highest BCUT2D eigenvalue weighted by Gasteiger charge is 2.36. The first-order valence-electron chi connectivity index (χ1n) is 6.51. The molecule has 8 heteroatoms. The predicted molar refractivity (Wildman–Crippen MR) is 75.2 cm³/mol. The molecule has 1 aromatic carbocycles. The van der Waals surface area contributed by atoms with Crippen molar-refractivity contribution in [3.05, 3.63) is 29.0 Å². The summed E-state index contributed by atoms with van der Waals surface area (Å²) >= 11 is 5.87. The van der Waals surface area contributed by atoms with Gasteiger partial charge in [0.05, 0.1) is 5.02 Å². The lowest BCUT2D eigenvalue weighted by Crippen LogP contribution is -2.36. The van der Waals surface area contributed by atoms with Gasteiger partial charge in [0.25, 0.3) is 0 Å². The molecule has 0 aliphatic carbocycles. The summed E-state index contributed by atoms with van der Waals surface area (Å²) in [6.45, 7) is 0.291. The van der Waals surface area contributed by atoms with Gasteiger partial charge in [-0.15, -0.1) is 0 Å². The van der Waals surface area contributed by atoms with Gasteiger partial charge in [-0.05, 0) is 37.5 Å². The minimum atomic E-state index is -3.92. The molecule has 1 unspecified atom stereocenters. The Hall–Kier alpha value is -1.18. The second kappa shape index (κ2) is 6.29. The smallest absolute Gasteiger partial charge is 0.303 e. The number of hydrogen-bond acceptors (Lipinski definition) is 3. The average Bonchev–Trinajstić information content (AvgIpc) is 2.88. The monoisotopic (exact) mass is 335 g/mol. The Bertz CT molecular complexity index is 650. The normalized spacial score (nSPS) is 19.8. The van der Waals surface area contributed by atoms with Crippen LogP contribution >= 0.6 is 11.6 Å². The Labute approximate surface area is 127 Å². The molecule has 2 rings (SSSR count). The van der Waals surface area contributed by atoms with Crippen molar-refractivity contribution in [3.8, 4) is 0 Å². The van der Waals surface area contributed by atoms with E-state index in [1.54, 1.807) is 0 Å². The van der Waals surface area contributed by atoms with Gasteiger partial charge >= 0.3 is 5.97 Å². The standard InChI is InChI=1S/C13H15ClFNO4S/c14-11-5-3-9(15)8-12(11)21(19,20)16-7-1-2-10(16)4-6-13(17)18/h3,5,8,10H,1-2,4,6-7H2,(H,17,18). The minimum absolute atomic E-state index is 0.0414. The number of benzene rings is 1. The zero-order chi connectivity index (χ0) is 15.6. The molecular weight excluding hydrogens is 321 g/mol. The molecule has 1 saturated heterocycles. The third-order valence-corrected chi connectivity index (χ3v) is 5.93. The van der Waals surface area contributed by atoms with Crippen LogP contribution in [0.1, 0.15) is 25.7 Å². The molecule has 5 nitrogen and oxygen atoms in total. The Morgan fingerprint density at radius 1 is 1.48 bits per heavy atom. The van der Waals surface area contributed by atoms with Gasteiger partial charge < -0.3 is 5.11 Å². The van der Waals surface area contributed by atoms with Crippen LogP contribution < -0.4 is 0 Å². The summed E-state index contributed by atoms with van der Waals surface area (Å²) < 4.78 is 39.7. The van der Waals surface area contributed by atoms with Crippen molar-refractivity contribution >= 4 is 27.6 Å². The Balaban J connectivity index is 2.29. The molecule has 21 heavy (non-hydrogen) atoms. The first-order chi connectivity index (χ1) is 9.82. The van der Waals surface area contributed by atoms with E-state index < -0.39 is 21.8 Å².